The van der Waals surface area contributed by atoms with Crippen molar-refractivity contribution in [3.05, 3.63) is 40.9 Å². The molecule has 0 aliphatic heterocycles. The Hall–Kier alpha value is -1.94. The molecule has 0 saturated carbocycles. The lowest BCUT2D eigenvalue weighted by Gasteiger charge is -2.09. The van der Waals surface area contributed by atoms with E-state index in [0.29, 0.717) is 16.5 Å². The second kappa shape index (κ2) is 6.71. The van der Waals surface area contributed by atoms with Gasteiger partial charge in [0.15, 0.2) is 11.5 Å². The molecule has 0 bridgehead atoms. The second-order valence-corrected chi connectivity index (χ2v) is 3.70. The zero-order chi connectivity index (χ0) is 13.5. The van der Waals surface area contributed by atoms with Crippen LogP contribution in [0.3, 0.4) is 0 Å². The summed E-state index contributed by atoms with van der Waals surface area (Å²) in [7, 11) is 3.03. The molecular weight excluding hydrogens is 256 g/mol. The Kier molecular flexibility index (Phi) is 5.27. The van der Waals surface area contributed by atoms with Crippen molar-refractivity contribution < 1.29 is 19.4 Å². The Morgan fingerprint density at radius 1 is 1.28 bits per heavy atom. The van der Waals surface area contributed by atoms with Crippen molar-refractivity contribution in [3.63, 3.8) is 0 Å². The van der Waals surface area contributed by atoms with Crippen LogP contribution in [0.2, 0.25) is 5.02 Å². The number of rotatable bonds is 5. The molecule has 1 aromatic carbocycles. The highest BCUT2D eigenvalue weighted by Gasteiger charge is 2.09. The minimum absolute atomic E-state index is 0.429. The average molecular weight is 269 g/mol. The van der Waals surface area contributed by atoms with Crippen LogP contribution in [0.25, 0.3) is 6.08 Å². The number of carboxylic acid groups (broad SMARTS) is 1. The van der Waals surface area contributed by atoms with Crippen LogP contribution >= 0.6 is 11.6 Å². The minimum atomic E-state index is -0.995. The fourth-order valence-corrected chi connectivity index (χ4v) is 1.63. The third-order valence-corrected chi connectivity index (χ3v) is 2.38. The summed E-state index contributed by atoms with van der Waals surface area (Å²) < 4.78 is 10.3. The molecule has 0 radical (unpaired) electrons. The molecule has 0 aliphatic carbocycles. The molecule has 0 unspecified atom stereocenters. The highest BCUT2D eigenvalue weighted by atomic mass is 35.5. The number of aliphatic carboxylic acids is 1. The average Bonchev–Trinajstić information content (AvgIpc) is 2.33. The van der Waals surface area contributed by atoms with Crippen LogP contribution in [-0.4, -0.2) is 25.3 Å². The Morgan fingerprint density at radius 2 is 2.00 bits per heavy atom. The summed E-state index contributed by atoms with van der Waals surface area (Å²) in [4.78, 5) is 10.3. The van der Waals surface area contributed by atoms with Crippen molar-refractivity contribution >= 4 is 23.6 Å². The number of carboxylic acids is 1. The van der Waals surface area contributed by atoms with Gasteiger partial charge in [-0.05, 0) is 17.7 Å². The molecule has 0 fully saturated rings. The normalized spacial score (nSPS) is 11.1. The molecule has 0 aromatic heterocycles. The van der Waals surface area contributed by atoms with E-state index < -0.39 is 5.97 Å². The van der Waals surface area contributed by atoms with Crippen LogP contribution in [-0.2, 0) is 4.79 Å². The monoisotopic (exact) mass is 268 g/mol. The number of hydrogen-bond donors (Lipinski definition) is 1. The molecule has 0 heterocycles. The Labute approximate surface area is 110 Å². The number of benzene rings is 1. The van der Waals surface area contributed by atoms with E-state index in [2.05, 4.69) is 0 Å². The van der Waals surface area contributed by atoms with Crippen molar-refractivity contribution in [2.45, 2.75) is 0 Å². The first-order chi connectivity index (χ1) is 8.58. The smallest absolute Gasteiger partial charge is 0.328 e. The van der Waals surface area contributed by atoms with E-state index in [0.717, 1.165) is 11.6 Å². The Morgan fingerprint density at radius 3 is 2.56 bits per heavy atom. The second-order valence-electron chi connectivity index (χ2n) is 3.29. The number of carbonyl (C=O) groups is 1. The van der Waals surface area contributed by atoms with Gasteiger partial charge in [-0.3, -0.25) is 0 Å². The summed E-state index contributed by atoms with van der Waals surface area (Å²) in [5.41, 5.74) is 0.785. The summed E-state index contributed by atoms with van der Waals surface area (Å²) >= 11 is 6.03. The third-order valence-electron chi connectivity index (χ3n) is 2.09. The maximum atomic E-state index is 10.3. The van der Waals surface area contributed by atoms with Crippen molar-refractivity contribution in [2.24, 2.45) is 0 Å². The molecule has 96 valence electrons. The van der Waals surface area contributed by atoms with Gasteiger partial charge in [0.1, 0.15) is 0 Å². The van der Waals surface area contributed by atoms with Gasteiger partial charge in [-0.15, -0.1) is 0 Å². The number of ether oxygens (including phenoxy) is 2. The lowest BCUT2D eigenvalue weighted by Crippen LogP contribution is -1.92. The van der Waals surface area contributed by atoms with Crippen LogP contribution in [0.4, 0.5) is 0 Å². The SMILES string of the molecule is COc1cc(/C=C/C=C/C(=O)O)cc(Cl)c1OC. The molecule has 18 heavy (non-hydrogen) atoms. The van der Waals surface area contributed by atoms with E-state index >= 15 is 0 Å². The molecular formula is C13H13ClO4. The summed E-state index contributed by atoms with van der Waals surface area (Å²) in [5, 5.41) is 8.86. The first-order valence-corrected chi connectivity index (χ1v) is 5.45. The van der Waals surface area contributed by atoms with E-state index in [1.807, 2.05) is 0 Å². The van der Waals surface area contributed by atoms with Crippen LogP contribution in [0.5, 0.6) is 11.5 Å². The standard InChI is InChI=1S/C13H13ClO4/c1-17-11-8-9(5-3-4-6-12(15)16)7-10(14)13(11)18-2/h3-8H,1-2H3,(H,15,16)/b5-3+,6-4+. The van der Waals surface area contributed by atoms with E-state index in [1.54, 1.807) is 24.3 Å². The van der Waals surface area contributed by atoms with Gasteiger partial charge < -0.3 is 14.6 Å². The van der Waals surface area contributed by atoms with E-state index in [-0.39, 0.29) is 0 Å². The first-order valence-electron chi connectivity index (χ1n) is 5.07. The number of hydrogen-bond acceptors (Lipinski definition) is 3. The quantitative estimate of drug-likeness (QED) is 0.659. The van der Waals surface area contributed by atoms with Gasteiger partial charge in [-0.2, -0.15) is 0 Å². The highest BCUT2D eigenvalue weighted by molar-refractivity contribution is 6.32. The Bertz CT molecular complexity index is 492. The predicted octanol–water partition coefficient (Wildman–Crippen LogP) is 3.01. The van der Waals surface area contributed by atoms with Gasteiger partial charge in [-0.1, -0.05) is 29.8 Å². The molecule has 1 rings (SSSR count). The summed E-state index contributed by atoms with van der Waals surface area (Å²) in [6.45, 7) is 0. The summed E-state index contributed by atoms with van der Waals surface area (Å²) in [5.74, 6) is -0.00532. The van der Waals surface area contributed by atoms with Crippen LogP contribution in [0.1, 0.15) is 5.56 Å². The molecule has 0 aliphatic rings. The third kappa shape index (κ3) is 3.82. The van der Waals surface area contributed by atoms with Crippen LogP contribution < -0.4 is 9.47 Å². The maximum absolute atomic E-state index is 10.3. The number of methoxy groups -OCH3 is 2. The summed E-state index contributed by atoms with van der Waals surface area (Å²) in [6, 6.07) is 3.45. The fraction of sp³-hybridized carbons (Fsp3) is 0.154. The van der Waals surface area contributed by atoms with Gasteiger partial charge >= 0.3 is 5.97 Å². The Balaban J connectivity index is 2.98. The molecule has 0 spiro atoms. The maximum Gasteiger partial charge on any atom is 0.328 e. The van der Waals surface area contributed by atoms with Gasteiger partial charge in [0.2, 0.25) is 0 Å². The van der Waals surface area contributed by atoms with Crippen molar-refractivity contribution in [1.82, 2.24) is 0 Å². The topological polar surface area (TPSA) is 55.8 Å². The fourth-order valence-electron chi connectivity index (χ4n) is 1.34. The lowest BCUT2D eigenvalue weighted by atomic mass is 10.2. The summed E-state index contributed by atoms with van der Waals surface area (Å²) in [6.07, 6.45) is 5.78. The van der Waals surface area contributed by atoms with Gasteiger partial charge in [0, 0.05) is 6.08 Å². The largest absolute Gasteiger partial charge is 0.493 e. The highest BCUT2D eigenvalue weighted by Crippen LogP contribution is 2.36. The van der Waals surface area contributed by atoms with Crippen LogP contribution in [0.15, 0.2) is 30.4 Å². The van der Waals surface area contributed by atoms with E-state index in [1.165, 1.54) is 20.3 Å². The molecule has 0 amide bonds. The number of allylic oxidation sites excluding steroid dienone is 2. The molecule has 0 atom stereocenters. The van der Waals surface area contributed by atoms with Gasteiger partial charge in [0.25, 0.3) is 0 Å². The zero-order valence-electron chi connectivity index (χ0n) is 10.0. The molecule has 4 nitrogen and oxygen atoms in total. The molecule has 1 aromatic rings. The molecule has 0 saturated heterocycles. The molecule has 1 N–H and O–H groups in total. The number of halogens is 1. The van der Waals surface area contributed by atoms with E-state index in [4.69, 9.17) is 26.2 Å². The molecule has 5 heteroatoms. The van der Waals surface area contributed by atoms with Crippen molar-refractivity contribution in [3.8, 4) is 11.5 Å². The van der Waals surface area contributed by atoms with Crippen molar-refractivity contribution in [2.75, 3.05) is 14.2 Å². The zero-order valence-corrected chi connectivity index (χ0v) is 10.8. The minimum Gasteiger partial charge on any atom is -0.493 e. The van der Waals surface area contributed by atoms with Crippen LogP contribution in [0, 0.1) is 0 Å². The lowest BCUT2D eigenvalue weighted by molar-refractivity contribution is -0.131. The predicted molar refractivity (Wildman–Crippen MR) is 70.4 cm³/mol. The van der Waals surface area contributed by atoms with Gasteiger partial charge in [-0.25, -0.2) is 4.79 Å². The van der Waals surface area contributed by atoms with Crippen molar-refractivity contribution in [1.29, 1.82) is 0 Å². The van der Waals surface area contributed by atoms with Gasteiger partial charge in [0.05, 0.1) is 19.2 Å². The first kappa shape index (κ1) is 14.1. The van der Waals surface area contributed by atoms with E-state index in [9.17, 15) is 4.79 Å².